The lowest BCUT2D eigenvalue weighted by Crippen LogP contribution is -2.38. The zero-order chi connectivity index (χ0) is 20.1. The van der Waals surface area contributed by atoms with Gasteiger partial charge in [0.1, 0.15) is 5.82 Å². The fourth-order valence-corrected chi connectivity index (χ4v) is 4.05. The minimum Gasteiger partial charge on any atom is -0.339 e. The van der Waals surface area contributed by atoms with Crippen LogP contribution in [0.3, 0.4) is 0 Å². The first-order chi connectivity index (χ1) is 13.5. The maximum Gasteiger partial charge on any atom is 0.253 e. The molecule has 5 heteroatoms. The van der Waals surface area contributed by atoms with Crippen molar-refractivity contribution in [3.63, 3.8) is 0 Å². The number of nitrogens with zero attached hydrogens (tertiary/aromatic N) is 1. The fraction of sp³-hybridized carbons (Fsp3) is 0.391. The van der Waals surface area contributed by atoms with Gasteiger partial charge in [-0.3, -0.25) is 9.59 Å². The Morgan fingerprint density at radius 1 is 1.04 bits per heavy atom. The molecule has 1 saturated carbocycles. The Kier molecular flexibility index (Phi) is 6.12. The molecule has 4 nitrogen and oxygen atoms in total. The average molecular weight is 382 g/mol. The van der Waals surface area contributed by atoms with Crippen molar-refractivity contribution in [3.05, 3.63) is 65.5 Å². The highest BCUT2D eigenvalue weighted by molar-refractivity contribution is 6.00. The molecule has 0 aromatic heterocycles. The molecule has 1 fully saturated rings. The highest BCUT2D eigenvalue weighted by atomic mass is 19.1. The molecule has 2 aromatic carbocycles. The van der Waals surface area contributed by atoms with Crippen LogP contribution < -0.4 is 5.32 Å². The van der Waals surface area contributed by atoms with Gasteiger partial charge < -0.3 is 10.2 Å². The van der Waals surface area contributed by atoms with E-state index in [9.17, 15) is 14.0 Å². The number of hydrogen-bond donors (Lipinski definition) is 1. The molecule has 1 aliphatic carbocycles. The Morgan fingerprint density at radius 3 is 2.25 bits per heavy atom. The Morgan fingerprint density at radius 2 is 1.68 bits per heavy atom. The third kappa shape index (κ3) is 3.93. The van der Waals surface area contributed by atoms with E-state index in [4.69, 9.17) is 0 Å². The third-order valence-electron chi connectivity index (χ3n) is 5.71. The Labute approximate surface area is 165 Å². The van der Waals surface area contributed by atoms with E-state index in [1.165, 1.54) is 12.1 Å². The average Bonchev–Trinajstić information content (AvgIpc) is 3.21. The summed E-state index contributed by atoms with van der Waals surface area (Å²) in [6, 6.07) is 13.3. The molecule has 1 N–H and O–H groups in total. The van der Waals surface area contributed by atoms with E-state index in [0.29, 0.717) is 37.2 Å². The monoisotopic (exact) mass is 382 g/mol. The van der Waals surface area contributed by atoms with Gasteiger partial charge in [-0.05, 0) is 68.7 Å². The second-order valence-corrected chi connectivity index (χ2v) is 7.31. The van der Waals surface area contributed by atoms with Crippen molar-refractivity contribution >= 4 is 17.5 Å². The van der Waals surface area contributed by atoms with Crippen LogP contribution in [0.15, 0.2) is 48.5 Å². The number of hydrogen-bond acceptors (Lipinski definition) is 2. The van der Waals surface area contributed by atoms with Crippen LogP contribution >= 0.6 is 0 Å². The number of halogens is 1. The van der Waals surface area contributed by atoms with Crippen LogP contribution in [-0.2, 0) is 10.2 Å². The maximum absolute atomic E-state index is 13.8. The quantitative estimate of drug-likeness (QED) is 0.783. The second-order valence-electron chi connectivity index (χ2n) is 7.31. The van der Waals surface area contributed by atoms with E-state index >= 15 is 0 Å². The van der Waals surface area contributed by atoms with Gasteiger partial charge in [-0.25, -0.2) is 4.39 Å². The van der Waals surface area contributed by atoms with Gasteiger partial charge in [-0.15, -0.1) is 0 Å². The van der Waals surface area contributed by atoms with Crippen molar-refractivity contribution in [3.8, 4) is 0 Å². The maximum atomic E-state index is 13.8. The van der Waals surface area contributed by atoms with Crippen LogP contribution in [0.5, 0.6) is 0 Å². The van der Waals surface area contributed by atoms with Crippen molar-refractivity contribution in [1.29, 1.82) is 0 Å². The van der Waals surface area contributed by atoms with Crippen molar-refractivity contribution in [1.82, 2.24) is 4.90 Å². The van der Waals surface area contributed by atoms with E-state index in [-0.39, 0.29) is 17.6 Å². The Balaban J connectivity index is 1.79. The number of carbonyl (C=O) groups excluding carboxylic acids is 2. The summed E-state index contributed by atoms with van der Waals surface area (Å²) in [6.07, 6.45) is 3.31. The molecule has 0 saturated heterocycles. The lowest BCUT2D eigenvalue weighted by Gasteiger charge is -2.28. The van der Waals surface area contributed by atoms with Gasteiger partial charge >= 0.3 is 0 Å². The van der Waals surface area contributed by atoms with E-state index < -0.39 is 5.41 Å². The van der Waals surface area contributed by atoms with Crippen LogP contribution in [0.1, 0.15) is 55.5 Å². The predicted molar refractivity (Wildman–Crippen MR) is 109 cm³/mol. The highest BCUT2D eigenvalue weighted by Crippen LogP contribution is 2.42. The summed E-state index contributed by atoms with van der Waals surface area (Å²) in [5.74, 6) is -0.454. The van der Waals surface area contributed by atoms with E-state index in [2.05, 4.69) is 5.32 Å². The van der Waals surface area contributed by atoms with E-state index in [0.717, 1.165) is 18.4 Å². The van der Waals surface area contributed by atoms with Crippen LogP contribution in [-0.4, -0.2) is 29.8 Å². The number of rotatable bonds is 6. The highest BCUT2D eigenvalue weighted by Gasteiger charge is 2.42. The first kappa shape index (κ1) is 20.1. The summed E-state index contributed by atoms with van der Waals surface area (Å²) in [4.78, 5) is 27.3. The standard InChI is InChI=1S/C23H27FN2O2/c1-3-26(4-2)21(27)17-10-12-20(13-11-17)25-22(28)23(14-5-6-15-23)18-8-7-9-19(24)16-18/h7-13,16H,3-6,14-15H2,1-2H3,(H,25,28). The van der Waals surface area contributed by atoms with Crippen molar-refractivity contribution in [2.24, 2.45) is 0 Å². The molecule has 0 spiro atoms. The van der Waals surface area contributed by atoms with Crippen LogP contribution in [0.2, 0.25) is 0 Å². The smallest absolute Gasteiger partial charge is 0.253 e. The molecule has 1 aliphatic rings. The molecule has 148 valence electrons. The molecule has 2 aromatic rings. The molecule has 28 heavy (non-hydrogen) atoms. The SMILES string of the molecule is CCN(CC)C(=O)c1ccc(NC(=O)C2(c3cccc(F)c3)CCCC2)cc1. The molecular formula is C23H27FN2O2. The molecule has 0 unspecified atom stereocenters. The Hall–Kier alpha value is -2.69. The molecular weight excluding hydrogens is 355 g/mol. The number of amides is 2. The Bertz CT molecular complexity index is 838. The van der Waals surface area contributed by atoms with Gasteiger partial charge in [0, 0.05) is 24.3 Å². The van der Waals surface area contributed by atoms with Gasteiger partial charge in [0.05, 0.1) is 5.41 Å². The second kappa shape index (κ2) is 8.55. The normalized spacial score (nSPS) is 15.2. The predicted octanol–water partition coefficient (Wildman–Crippen LogP) is 4.76. The number of anilines is 1. The van der Waals surface area contributed by atoms with E-state index in [1.807, 2.05) is 19.9 Å². The summed E-state index contributed by atoms with van der Waals surface area (Å²) in [6.45, 7) is 5.21. The molecule has 0 aliphatic heterocycles. The fourth-order valence-electron chi connectivity index (χ4n) is 4.05. The molecule has 3 rings (SSSR count). The largest absolute Gasteiger partial charge is 0.339 e. The first-order valence-corrected chi connectivity index (χ1v) is 9.97. The van der Waals surface area contributed by atoms with Crippen molar-refractivity contribution in [2.45, 2.75) is 44.9 Å². The zero-order valence-electron chi connectivity index (χ0n) is 16.5. The van der Waals surface area contributed by atoms with E-state index in [1.54, 1.807) is 35.2 Å². The number of benzene rings is 2. The molecule has 0 bridgehead atoms. The summed E-state index contributed by atoms with van der Waals surface area (Å²) < 4.78 is 13.8. The third-order valence-corrected chi connectivity index (χ3v) is 5.71. The van der Waals surface area contributed by atoms with Crippen LogP contribution in [0, 0.1) is 5.82 Å². The van der Waals surface area contributed by atoms with Gasteiger partial charge in [0.2, 0.25) is 5.91 Å². The molecule has 0 radical (unpaired) electrons. The van der Waals surface area contributed by atoms with Crippen LogP contribution in [0.25, 0.3) is 0 Å². The van der Waals surface area contributed by atoms with Crippen LogP contribution in [0.4, 0.5) is 10.1 Å². The first-order valence-electron chi connectivity index (χ1n) is 9.97. The minimum atomic E-state index is -0.697. The van der Waals surface area contributed by atoms with Gasteiger partial charge in [-0.1, -0.05) is 25.0 Å². The zero-order valence-corrected chi connectivity index (χ0v) is 16.5. The lowest BCUT2D eigenvalue weighted by molar-refractivity contribution is -0.121. The lowest BCUT2D eigenvalue weighted by atomic mass is 9.78. The van der Waals surface area contributed by atoms with Gasteiger partial charge in [0.25, 0.3) is 5.91 Å². The van der Waals surface area contributed by atoms with Crippen molar-refractivity contribution in [2.75, 3.05) is 18.4 Å². The summed E-state index contributed by atoms with van der Waals surface area (Å²) >= 11 is 0. The van der Waals surface area contributed by atoms with Crippen molar-refractivity contribution < 1.29 is 14.0 Å². The molecule has 2 amide bonds. The van der Waals surface area contributed by atoms with Gasteiger partial charge in [0.15, 0.2) is 0 Å². The molecule has 0 atom stereocenters. The summed E-state index contributed by atoms with van der Waals surface area (Å²) in [7, 11) is 0. The summed E-state index contributed by atoms with van der Waals surface area (Å²) in [5.41, 5.74) is 1.28. The van der Waals surface area contributed by atoms with Gasteiger partial charge in [-0.2, -0.15) is 0 Å². The minimum absolute atomic E-state index is 0.0186. The topological polar surface area (TPSA) is 49.4 Å². The molecule has 0 heterocycles. The number of carbonyl (C=O) groups is 2. The number of nitrogens with one attached hydrogen (secondary N) is 1. The summed E-state index contributed by atoms with van der Waals surface area (Å²) in [5, 5.41) is 2.98.